The lowest BCUT2D eigenvalue weighted by Gasteiger charge is -2.23. The van der Waals surface area contributed by atoms with Crippen LogP contribution in [0.2, 0.25) is 0 Å². The van der Waals surface area contributed by atoms with Crippen LogP contribution in [0.25, 0.3) is 0 Å². The molecule has 18 heavy (non-hydrogen) atoms. The fraction of sp³-hybridized carbons (Fsp3) is 0.750. The summed E-state index contributed by atoms with van der Waals surface area (Å²) in [5.41, 5.74) is 2.22. The Morgan fingerprint density at radius 2 is 2.33 bits per heavy atom. The van der Waals surface area contributed by atoms with Gasteiger partial charge >= 0.3 is 0 Å². The molecule has 5 nitrogen and oxygen atoms in total. The first-order valence-electron chi connectivity index (χ1n) is 6.34. The average Bonchev–Trinajstić information content (AvgIpc) is 2.67. The van der Waals surface area contributed by atoms with E-state index in [0.29, 0.717) is 19.8 Å². The Morgan fingerprint density at radius 1 is 1.50 bits per heavy atom. The zero-order chi connectivity index (χ0) is 13.0. The molecule has 1 aliphatic rings. The fourth-order valence-electron chi connectivity index (χ4n) is 2.04. The summed E-state index contributed by atoms with van der Waals surface area (Å²) in [6.45, 7) is 8.67. The molecule has 1 fully saturated rings. The Labute approximate surface area is 116 Å². The van der Waals surface area contributed by atoms with Crippen molar-refractivity contribution in [3.8, 4) is 0 Å². The maximum absolute atomic E-state index is 5.59. The lowest BCUT2D eigenvalue weighted by molar-refractivity contribution is -0.0864. The first-order valence-corrected chi connectivity index (χ1v) is 7.13. The highest BCUT2D eigenvalue weighted by molar-refractivity contribution is 9.10. The van der Waals surface area contributed by atoms with Crippen molar-refractivity contribution in [1.82, 2.24) is 15.1 Å². The molecule has 1 unspecified atom stereocenters. The topological polar surface area (TPSA) is 48.3 Å². The van der Waals surface area contributed by atoms with Crippen LogP contribution in [0.5, 0.6) is 0 Å². The highest BCUT2D eigenvalue weighted by Gasteiger charge is 2.15. The normalized spacial score (nSPS) is 20.3. The molecular formula is C12H20BrN3O2. The van der Waals surface area contributed by atoms with Crippen molar-refractivity contribution in [3.63, 3.8) is 0 Å². The highest BCUT2D eigenvalue weighted by atomic mass is 79.9. The summed E-state index contributed by atoms with van der Waals surface area (Å²) in [6, 6.07) is 0. The van der Waals surface area contributed by atoms with Gasteiger partial charge in [0.2, 0.25) is 0 Å². The molecule has 0 bridgehead atoms. The lowest BCUT2D eigenvalue weighted by atomic mass is 10.3. The van der Waals surface area contributed by atoms with E-state index in [0.717, 1.165) is 29.8 Å². The van der Waals surface area contributed by atoms with E-state index in [1.165, 1.54) is 5.69 Å². The number of aromatic nitrogens is 2. The maximum Gasteiger partial charge on any atom is 0.0933 e. The molecule has 0 amide bonds. The quantitative estimate of drug-likeness (QED) is 0.893. The predicted octanol–water partition coefficient (Wildman–Crippen LogP) is 1.48. The third kappa shape index (κ3) is 3.32. The molecule has 0 aliphatic carbocycles. The largest absolute Gasteiger partial charge is 0.376 e. The summed E-state index contributed by atoms with van der Waals surface area (Å²) in [4.78, 5) is 0. The average molecular weight is 318 g/mol. The molecule has 0 spiro atoms. The molecule has 1 atom stereocenters. The van der Waals surface area contributed by atoms with E-state index >= 15 is 0 Å². The van der Waals surface area contributed by atoms with Crippen molar-refractivity contribution in [2.24, 2.45) is 0 Å². The van der Waals surface area contributed by atoms with Crippen LogP contribution in [0.1, 0.15) is 18.3 Å². The minimum atomic E-state index is 0.164. The molecule has 0 saturated carbocycles. The number of hydrogen-bond donors (Lipinski definition) is 1. The van der Waals surface area contributed by atoms with Gasteiger partial charge in [-0.25, -0.2) is 0 Å². The van der Waals surface area contributed by atoms with Gasteiger partial charge in [0, 0.05) is 19.6 Å². The second-order valence-electron chi connectivity index (χ2n) is 4.36. The molecule has 0 aromatic carbocycles. The zero-order valence-corrected chi connectivity index (χ0v) is 12.5. The van der Waals surface area contributed by atoms with Crippen molar-refractivity contribution < 1.29 is 9.47 Å². The van der Waals surface area contributed by atoms with Gasteiger partial charge < -0.3 is 14.8 Å². The smallest absolute Gasteiger partial charge is 0.0933 e. The number of rotatable bonds is 5. The fourth-order valence-corrected chi connectivity index (χ4v) is 2.47. The highest BCUT2D eigenvalue weighted by Crippen LogP contribution is 2.20. The molecule has 1 aliphatic heterocycles. The second kappa shape index (κ2) is 6.65. The molecule has 1 N–H and O–H groups in total. The number of nitrogens with one attached hydrogen (secondary N) is 1. The maximum atomic E-state index is 5.59. The van der Waals surface area contributed by atoms with E-state index in [1.807, 2.05) is 11.6 Å². The third-order valence-electron chi connectivity index (χ3n) is 3.00. The summed E-state index contributed by atoms with van der Waals surface area (Å²) in [5.74, 6) is 0. The van der Waals surface area contributed by atoms with E-state index in [9.17, 15) is 0 Å². The Hall–Kier alpha value is -0.430. The van der Waals surface area contributed by atoms with Gasteiger partial charge in [-0.05, 0) is 29.8 Å². The Morgan fingerprint density at radius 3 is 3.00 bits per heavy atom. The Balaban J connectivity index is 1.85. The van der Waals surface area contributed by atoms with Crippen LogP contribution in [0, 0.1) is 6.92 Å². The van der Waals surface area contributed by atoms with Crippen molar-refractivity contribution in [2.45, 2.75) is 33.0 Å². The summed E-state index contributed by atoms with van der Waals surface area (Å²) in [6.07, 6.45) is 0.164. The van der Waals surface area contributed by atoms with Gasteiger partial charge in [-0.2, -0.15) is 5.10 Å². The second-order valence-corrected chi connectivity index (χ2v) is 5.15. The minimum Gasteiger partial charge on any atom is -0.376 e. The van der Waals surface area contributed by atoms with Crippen LogP contribution >= 0.6 is 15.9 Å². The molecule has 1 aromatic rings. The molecule has 1 aromatic heterocycles. The van der Waals surface area contributed by atoms with Gasteiger partial charge in [-0.1, -0.05) is 0 Å². The molecule has 1 saturated heterocycles. The molecule has 2 rings (SSSR count). The third-order valence-corrected chi connectivity index (χ3v) is 4.03. The van der Waals surface area contributed by atoms with Crippen molar-refractivity contribution >= 4 is 15.9 Å². The standard InChI is InChI=1S/C12H20BrN3O2/c1-3-16-11(12(13)9(2)15-16)7-14-6-10-8-17-4-5-18-10/h10,14H,3-8H2,1-2H3. The van der Waals surface area contributed by atoms with E-state index in [1.54, 1.807) is 0 Å². The van der Waals surface area contributed by atoms with E-state index in [-0.39, 0.29) is 6.10 Å². The Bertz CT molecular complexity index is 389. The SMILES string of the molecule is CCn1nc(C)c(Br)c1CNCC1COCCO1. The molecule has 102 valence electrons. The minimum absolute atomic E-state index is 0.164. The number of aryl methyl sites for hydroxylation is 2. The summed E-state index contributed by atoms with van der Waals surface area (Å²) < 4.78 is 14.1. The van der Waals surface area contributed by atoms with Gasteiger partial charge in [-0.15, -0.1) is 0 Å². The van der Waals surface area contributed by atoms with Gasteiger partial charge in [-0.3, -0.25) is 4.68 Å². The van der Waals surface area contributed by atoms with Crippen molar-refractivity contribution in [2.75, 3.05) is 26.4 Å². The van der Waals surface area contributed by atoms with Crippen LogP contribution in [-0.2, 0) is 22.6 Å². The molecule has 6 heteroatoms. The summed E-state index contributed by atoms with van der Waals surface area (Å²) in [5, 5.41) is 7.87. The van der Waals surface area contributed by atoms with E-state index in [4.69, 9.17) is 9.47 Å². The zero-order valence-electron chi connectivity index (χ0n) is 10.9. The lowest BCUT2D eigenvalue weighted by Crippen LogP contribution is -2.37. The van der Waals surface area contributed by atoms with E-state index < -0.39 is 0 Å². The summed E-state index contributed by atoms with van der Waals surface area (Å²) >= 11 is 3.59. The monoisotopic (exact) mass is 317 g/mol. The van der Waals surface area contributed by atoms with Gasteiger partial charge in [0.15, 0.2) is 0 Å². The van der Waals surface area contributed by atoms with Crippen LogP contribution in [0.4, 0.5) is 0 Å². The molecular weight excluding hydrogens is 298 g/mol. The van der Waals surface area contributed by atoms with Crippen LogP contribution < -0.4 is 5.32 Å². The van der Waals surface area contributed by atoms with Crippen molar-refractivity contribution in [1.29, 1.82) is 0 Å². The van der Waals surface area contributed by atoms with Gasteiger partial charge in [0.05, 0.1) is 41.8 Å². The van der Waals surface area contributed by atoms with E-state index in [2.05, 4.69) is 33.3 Å². The number of ether oxygens (including phenoxy) is 2. The van der Waals surface area contributed by atoms with Gasteiger partial charge in [0.25, 0.3) is 0 Å². The summed E-state index contributed by atoms with van der Waals surface area (Å²) in [7, 11) is 0. The first-order chi connectivity index (χ1) is 8.72. The number of nitrogens with zero attached hydrogens (tertiary/aromatic N) is 2. The van der Waals surface area contributed by atoms with Crippen LogP contribution in [0.3, 0.4) is 0 Å². The van der Waals surface area contributed by atoms with Crippen molar-refractivity contribution in [3.05, 3.63) is 15.9 Å². The van der Waals surface area contributed by atoms with Crippen LogP contribution in [-0.4, -0.2) is 42.2 Å². The van der Waals surface area contributed by atoms with Gasteiger partial charge in [0.1, 0.15) is 0 Å². The number of halogens is 1. The molecule has 2 heterocycles. The predicted molar refractivity (Wildman–Crippen MR) is 72.6 cm³/mol. The first kappa shape index (κ1) is 14.0. The Kier molecular flexibility index (Phi) is 5.17. The van der Waals surface area contributed by atoms with Crippen LogP contribution in [0.15, 0.2) is 4.47 Å². The number of hydrogen-bond acceptors (Lipinski definition) is 4. The molecule has 0 radical (unpaired) electrons.